The van der Waals surface area contributed by atoms with Gasteiger partial charge in [-0.15, -0.1) is 0 Å². The fourth-order valence-electron chi connectivity index (χ4n) is 1.81. The van der Waals surface area contributed by atoms with Gasteiger partial charge in [0.2, 0.25) is 0 Å². The molecule has 1 aromatic heterocycles. The summed E-state index contributed by atoms with van der Waals surface area (Å²) in [5.74, 6) is 5.56. The number of carbonyl (C=O) groups excluding carboxylic acids is 1. The molecule has 0 aliphatic heterocycles. The molecule has 0 saturated heterocycles. The van der Waals surface area contributed by atoms with Crippen LogP contribution in [-0.4, -0.2) is 17.5 Å². The Labute approximate surface area is 105 Å². The maximum atomic E-state index is 11.6. The van der Waals surface area contributed by atoms with E-state index in [1.165, 1.54) is 0 Å². The molecule has 18 heavy (non-hydrogen) atoms. The summed E-state index contributed by atoms with van der Waals surface area (Å²) < 4.78 is 5.42. The van der Waals surface area contributed by atoms with Crippen LogP contribution in [0.2, 0.25) is 0 Å². The van der Waals surface area contributed by atoms with Crippen LogP contribution in [0.15, 0.2) is 24.3 Å². The van der Waals surface area contributed by atoms with Crippen LogP contribution in [0.25, 0.3) is 10.9 Å². The summed E-state index contributed by atoms with van der Waals surface area (Å²) in [6.45, 7) is 4.30. The van der Waals surface area contributed by atoms with E-state index in [1.54, 1.807) is 13.0 Å². The molecule has 0 atom stereocenters. The van der Waals surface area contributed by atoms with E-state index < -0.39 is 0 Å². The molecule has 1 aromatic carbocycles. The van der Waals surface area contributed by atoms with E-state index in [-0.39, 0.29) is 5.91 Å². The number of benzene rings is 1. The lowest BCUT2D eigenvalue weighted by atomic mass is 10.1. The lowest BCUT2D eigenvalue weighted by molar-refractivity contribution is 0.0953. The van der Waals surface area contributed by atoms with Gasteiger partial charge in [-0.1, -0.05) is 0 Å². The Morgan fingerprint density at radius 2 is 2.22 bits per heavy atom. The van der Waals surface area contributed by atoms with Gasteiger partial charge in [-0.2, -0.15) is 0 Å². The van der Waals surface area contributed by atoms with Crippen molar-refractivity contribution in [2.75, 3.05) is 6.61 Å². The largest absolute Gasteiger partial charge is 0.494 e. The Balaban J connectivity index is 2.55. The molecule has 0 unspecified atom stereocenters. The maximum absolute atomic E-state index is 11.6. The minimum Gasteiger partial charge on any atom is -0.494 e. The van der Waals surface area contributed by atoms with Gasteiger partial charge < -0.3 is 4.74 Å². The molecule has 1 heterocycles. The summed E-state index contributed by atoms with van der Waals surface area (Å²) in [6.07, 6.45) is 0. The van der Waals surface area contributed by atoms with Crippen LogP contribution in [0.4, 0.5) is 0 Å². The van der Waals surface area contributed by atoms with E-state index in [9.17, 15) is 4.79 Å². The molecular weight excluding hydrogens is 230 g/mol. The Morgan fingerprint density at radius 1 is 1.44 bits per heavy atom. The van der Waals surface area contributed by atoms with Gasteiger partial charge in [-0.3, -0.25) is 15.2 Å². The summed E-state index contributed by atoms with van der Waals surface area (Å²) in [5, 5.41) is 0.852. The van der Waals surface area contributed by atoms with E-state index in [1.807, 2.05) is 25.1 Å². The minimum atomic E-state index is -0.344. The fraction of sp³-hybridized carbons (Fsp3) is 0.231. The molecule has 5 nitrogen and oxygen atoms in total. The minimum absolute atomic E-state index is 0.344. The zero-order valence-electron chi connectivity index (χ0n) is 10.4. The first-order valence-electron chi connectivity index (χ1n) is 5.71. The quantitative estimate of drug-likeness (QED) is 0.488. The first kappa shape index (κ1) is 12.3. The Hall–Kier alpha value is -2.14. The number of nitrogen functional groups attached to an aromatic ring is 1. The molecule has 0 spiro atoms. The summed E-state index contributed by atoms with van der Waals surface area (Å²) in [4.78, 5) is 16.0. The van der Waals surface area contributed by atoms with Crippen molar-refractivity contribution in [2.24, 2.45) is 5.84 Å². The van der Waals surface area contributed by atoms with Gasteiger partial charge in [0.05, 0.1) is 23.4 Å². The van der Waals surface area contributed by atoms with Crippen LogP contribution in [0.3, 0.4) is 0 Å². The lowest BCUT2D eigenvalue weighted by Gasteiger charge is -2.08. The highest BCUT2D eigenvalue weighted by atomic mass is 16.5. The molecule has 0 aliphatic carbocycles. The van der Waals surface area contributed by atoms with Crippen molar-refractivity contribution in [1.29, 1.82) is 0 Å². The van der Waals surface area contributed by atoms with Gasteiger partial charge >= 0.3 is 0 Å². The molecular formula is C13H15N3O2. The molecule has 0 radical (unpaired) electrons. The zero-order chi connectivity index (χ0) is 13.1. The Bertz CT molecular complexity index is 596. The average molecular weight is 245 g/mol. The first-order valence-corrected chi connectivity index (χ1v) is 5.71. The molecule has 2 aromatic rings. The van der Waals surface area contributed by atoms with Crippen LogP contribution in [-0.2, 0) is 0 Å². The van der Waals surface area contributed by atoms with Gasteiger partial charge in [-0.25, -0.2) is 5.84 Å². The monoisotopic (exact) mass is 245 g/mol. The van der Waals surface area contributed by atoms with E-state index in [2.05, 4.69) is 10.4 Å². The number of rotatable bonds is 3. The van der Waals surface area contributed by atoms with Gasteiger partial charge in [0, 0.05) is 5.39 Å². The number of nitrogens with zero attached hydrogens (tertiary/aromatic N) is 1. The smallest absolute Gasteiger partial charge is 0.267 e. The zero-order valence-corrected chi connectivity index (χ0v) is 10.4. The number of ether oxygens (including phenoxy) is 1. The van der Waals surface area contributed by atoms with Crippen LogP contribution < -0.4 is 16.0 Å². The van der Waals surface area contributed by atoms with Gasteiger partial charge in [0.1, 0.15) is 5.75 Å². The highest BCUT2D eigenvalue weighted by molar-refractivity contribution is 5.98. The number of hydrogen-bond acceptors (Lipinski definition) is 4. The number of pyridine rings is 1. The number of nitrogens with two attached hydrogens (primary N) is 1. The van der Waals surface area contributed by atoms with Gasteiger partial charge in [0.15, 0.2) is 0 Å². The summed E-state index contributed by atoms with van der Waals surface area (Å²) in [7, 11) is 0. The van der Waals surface area contributed by atoms with Gasteiger partial charge in [0.25, 0.3) is 5.91 Å². The molecule has 0 saturated carbocycles. The molecule has 0 bridgehead atoms. The number of hydrogen-bond donors (Lipinski definition) is 2. The van der Waals surface area contributed by atoms with Crippen molar-refractivity contribution in [3.05, 3.63) is 35.5 Å². The number of fused-ring (bicyclic) bond motifs is 1. The highest BCUT2D eigenvalue weighted by Gasteiger charge is 2.10. The number of amides is 1. The molecule has 3 N–H and O–H groups in total. The van der Waals surface area contributed by atoms with E-state index >= 15 is 0 Å². The third kappa shape index (κ3) is 2.26. The molecule has 0 fully saturated rings. The van der Waals surface area contributed by atoms with Crippen molar-refractivity contribution in [1.82, 2.24) is 10.4 Å². The van der Waals surface area contributed by atoms with Gasteiger partial charge in [-0.05, 0) is 38.1 Å². The average Bonchev–Trinajstić information content (AvgIpc) is 2.38. The van der Waals surface area contributed by atoms with E-state index in [0.717, 1.165) is 16.7 Å². The fourth-order valence-corrected chi connectivity index (χ4v) is 1.81. The van der Waals surface area contributed by atoms with Crippen LogP contribution in [0.1, 0.15) is 23.0 Å². The number of hydrazine groups is 1. The molecule has 94 valence electrons. The Kier molecular flexibility index (Phi) is 3.43. The second-order valence-electron chi connectivity index (χ2n) is 3.88. The number of aromatic nitrogens is 1. The Morgan fingerprint density at radius 3 is 2.89 bits per heavy atom. The van der Waals surface area contributed by atoms with E-state index in [4.69, 9.17) is 10.6 Å². The summed E-state index contributed by atoms with van der Waals surface area (Å²) in [6, 6.07) is 7.36. The predicted octanol–water partition coefficient (Wildman–Crippen LogP) is 1.55. The van der Waals surface area contributed by atoms with Crippen molar-refractivity contribution in [3.63, 3.8) is 0 Å². The molecule has 2 rings (SSSR count). The van der Waals surface area contributed by atoms with Crippen molar-refractivity contribution in [2.45, 2.75) is 13.8 Å². The lowest BCUT2D eigenvalue weighted by Crippen LogP contribution is -2.30. The predicted molar refractivity (Wildman–Crippen MR) is 69.3 cm³/mol. The number of aryl methyl sites for hydroxylation is 1. The topological polar surface area (TPSA) is 77.2 Å². The summed E-state index contributed by atoms with van der Waals surface area (Å²) >= 11 is 0. The number of nitrogens with one attached hydrogen (secondary N) is 1. The molecule has 0 aliphatic rings. The van der Waals surface area contributed by atoms with Crippen LogP contribution in [0, 0.1) is 6.92 Å². The highest BCUT2D eigenvalue weighted by Crippen LogP contribution is 2.22. The van der Waals surface area contributed by atoms with Crippen molar-refractivity contribution in [3.8, 4) is 5.75 Å². The third-order valence-corrected chi connectivity index (χ3v) is 2.66. The molecule has 1 amide bonds. The van der Waals surface area contributed by atoms with Crippen LogP contribution >= 0.6 is 0 Å². The second kappa shape index (κ2) is 5.01. The first-order chi connectivity index (χ1) is 8.65. The SMILES string of the molecule is CCOc1ccc2nc(C)c(C(=O)NN)cc2c1. The second-order valence-corrected chi connectivity index (χ2v) is 3.88. The number of carbonyl (C=O) groups is 1. The summed E-state index contributed by atoms with van der Waals surface area (Å²) in [5.41, 5.74) is 4.06. The third-order valence-electron chi connectivity index (χ3n) is 2.66. The van der Waals surface area contributed by atoms with Crippen molar-refractivity contribution >= 4 is 16.8 Å². The van der Waals surface area contributed by atoms with Crippen molar-refractivity contribution < 1.29 is 9.53 Å². The van der Waals surface area contributed by atoms with Crippen LogP contribution in [0.5, 0.6) is 5.75 Å². The molecule has 5 heteroatoms. The maximum Gasteiger partial charge on any atom is 0.267 e. The normalized spacial score (nSPS) is 10.4. The standard InChI is InChI=1S/C13H15N3O2/c1-3-18-10-4-5-12-9(6-10)7-11(8(2)15-12)13(17)16-14/h4-7H,3,14H2,1-2H3,(H,16,17). The van der Waals surface area contributed by atoms with E-state index in [0.29, 0.717) is 17.9 Å².